The minimum Gasteiger partial charge on any atom is -0.344 e. The van der Waals surface area contributed by atoms with E-state index in [9.17, 15) is 0 Å². The van der Waals surface area contributed by atoms with E-state index in [2.05, 4.69) is 21.4 Å². The Morgan fingerprint density at radius 2 is 2.22 bits per heavy atom. The highest BCUT2D eigenvalue weighted by Crippen LogP contribution is 2.07. The fourth-order valence-corrected chi connectivity index (χ4v) is 0.769. The number of nitrogens with one attached hydrogen (secondary N) is 1. The van der Waals surface area contributed by atoms with E-state index >= 15 is 0 Å². The second-order valence-electron chi connectivity index (χ2n) is 1.78. The predicted octanol–water partition coefficient (Wildman–Crippen LogP) is 1.20. The van der Waals surface area contributed by atoms with Gasteiger partial charge in [-0.25, -0.2) is 4.98 Å². The Kier molecular flexibility index (Phi) is 0.729. The van der Waals surface area contributed by atoms with Gasteiger partial charge in [-0.3, -0.25) is 0 Å². The largest absolute Gasteiger partial charge is 0.344 e. The zero-order chi connectivity index (χ0) is 6.10. The van der Waals surface area contributed by atoms with Crippen LogP contribution in [0.25, 0.3) is 12.2 Å². The predicted molar refractivity (Wildman–Crippen MR) is 34.5 cm³/mol. The minimum atomic E-state index is 0.939. The summed E-state index contributed by atoms with van der Waals surface area (Å²) in [6.07, 6.45) is 5.28. The van der Waals surface area contributed by atoms with Gasteiger partial charge in [0.15, 0.2) is 0 Å². The quantitative estimate of drug-likeness (QED) is 0.515. The van der Waals surface area contributed by atoms with Gasteiger partial charge in [0.25, 0.3) is 0 Å². The third kappa shape index (κ3) is 0.550. The number of nitrogens with zero attached hydrogens (tertiary/aromatic N) is 1. The lowest BCUT2D eigenvalue weighted by atomic mass is 10.2. The van der Waals surface area contributed by atoms with Crippen molar-refractivity contribution in [2.75, 3.05) is 0 Å². The molecule has 1 aliphatic carbocycles. The molecule has 1 heterocycles. The van der Waals surface area contributed by atoms with Crippen LogP contribution in [-0.4, -0.2) is 9.97 Å². The monoisotopic (exact) mass is 116 g/mol. The van der Waals surface area contributed by atoms with Crippen molar-refractivity contribution in [2.45, 2.75) is 0 Å². The average Bonchev–Trinajstić information content (AvgIpc) is 2.33. The van der Waals surface area contributed by atoms with Gasteiger partial charge in [0.05, 0.1) is 17.7 Å². The molecule has 0 aliphatic heterocycles. The summed E-state index contributed by atoms with van der Waals surface area (Å²) >= 11 is 0. The fourth-order valence-electron chi connectivity index (χ4n) is 0.769. The molecule has 2 rings (SSSR count). The van der Waals surface area contributed by atoms with E-state index in [1.54, 1.807) is 12.4 Å². The summed E-state index contributed by atoms with van der Waals surface area (Å²) in [5.74, 6) is 0. The van der Waals surface area contributed by atoms with Gasteiger partial charge in [-0.15, -0.1) is 0 Å². The van der Waals surface area contributed by atoms with Crippen molar-refractivity contribution in [1.82, 2.24) is 9.97 Å². The number of rotatable bonds is 0. The average molecular weight is 116 g/mol. The van der Waals surface area contributed by atoms with E-state index < -0.39 is 0 Å². The zero-order valence-corrected chi connectivity index (χ0v) is 4.68. The van der Waals surface area contributed by atoms with Crippen molar-refractivity contribution in [3.63, 3.8) is 0 Å². The lowest BCUT2D eigenvalue weighted by molar-refractivity contribution is 1.30. The first-order valence-corrected chi connectivity index (χ1v) is 2.68. The number of hydrogen-bond acceptors (Lipinski definition) is 1. The first-order chi connectivity index (χ1) is 4.47. The summed E-state index contributed by atoms with van der Waals surface area (Å²) in [5, 5.41) is 0. The summed E-state index contributed by atoms with van der Waals surface area (Å²) in [4.78, 5) is 6.97. The highest BCUT2D eigenvalue weighted by Gasteiger charge is 1.97. The molecule has 0 fully saturated rings. The van der Waals surface area contributed by atoms with Gasteiger partial charge in [0.1, 0.15) is 0 Å². The molecule has 0 saturated carbocycles. The normalized spacial score (nSPS) is 12.0. The molecule has 0 saturated heterocycles. The Morgan fingerprint density at radius 3 is 3.11 bits per heavy atom. The molecule has 1 aliphatic rings. The fraction of sp³-hybridized carbons (Fsp3) is 0. The van der Waals surface area contributed by atoms with Crippen LogP contribution in [0.15, 0.2) is 17.8 Å². The first kappa shape index (κ1) is 4.39. The summed E-state index contributed by atoms with van der Waals surface area (Å²) < 4.78 is 0. The third-order valence-corrected chi connectivity index (χ3v) is 1.21. The van der Waals surface area contributed by atoms with Crippen LogP contribution < -0.4 is 0 Å². The Hall–Kier alpha value is -1.49. The van der Waals surface area contributed by atoms with Crippen LogP contribution in [0.2, 0.25) is 0 Å². The molecule has 42 valence electrons. The molecule has 1 aromatic heterocycles. The summed E-state index contributed by atoms with van der Waals surface area (Å²) in [7, 11) is 0. The summed E-state index contributed by atoms with van der Waals surface area (Å²) in [5.41, 5.74) is 7.59. The van der Waals surface area contributed by atoms with Crippen LogP contribution in [0.4, 0.5) is 0 Å². The molecule has 2 heteroatoms. The molecule has 0 atom stereocenters. The van der Waals surface area contributed by atoms with E-state index in [0.29, 0.717) is 0 Å². The maximum Gasteiger partial charge on any atom is 0.0972 e. The Morgan fingerprint density at radius 1 is 1.33 bits per heavy atom. The molecule has 1 aromatic rings. The van der Waals surface area contributed by atoms with Gasteiger partial charge in [-0.2, -0.15) is 0 Å². The standard InChI is InChI=1S/C7H4N2/c1-2-4-7-6(3-1)8-5-9-7/h3-5H,(H,8,9). The second-order valence-corrected chi connectivity index (χ2v) is 1.78. The van der Waals surface area contributed by atoms with Crippen molar-refractivity contribution < 1.29 is 0 Å². The highest BCUT2D eigenvalue weighted by molar-refractivity contribution is 5.62. The Bertz CT molecular complexity index is 290. The van der Waals surface area contributed by atoms with Crippen molar-refractivity contribution in [3.8, 4) is 0 Å². The molecular weight excluding hydrogens is 112 g/mol. The molecule has 9 heavy (non-hydrogen) atoms. The van der Waals surface area contributed by atoms with E-state index in [1.807, 2.05) is 6.08 Å². The van der Waals surface area contributed by atoms with Crippen LogP contribution >= 0.6 is 0 Å². The number of hydrogen-bond donors (Lipinski definition) is 1. The molecule has 0 amide bonds. The maximum absolute atomic E-state index is 4.01. The van der Waals surface area contributed by atoms with Crippen LogP contribution in [-0.2, 0) is 0 Å². The zero-order valence-electron chi connectivity index (χ0n) is 4.68. The van der Waals surface area contributed by atoms with Crippen LogP contribution in [0.3, 0.4) is 0 Å². The molecular formula is C7H4N2. The van der Waals surface area contributed by atoms with Crippen molar-refractivity contribution >= 4 is 12.2 Å². The molecule has 1 N–H and O–H groups in total. The van der Waals surface area contributed by atoms with Crippen molar-refractivity contribution in [1.29, 1.82) is 0 Å². The number of imidazole rings is 1. The van der Waals surface area contributed by atoms with E-state index in [4.69, 9.17) is 0 Å². The molecule has 0 aromatic carbocycles. The number of aromatic nitrogens is 2. The smallest absolute Gasteiger partial charge is 0.0972 e. The first-order valence-electron chi connectivity index (χ1n) is 2.68. The summed E-state index contributed by atoms with van der Waals surface area (Å²) in [6, 6.07) is 0. The van der Waals surface area contributed by atoms with Gasteiger partial charge < -0.3 is 4.98 Å². The summed E-state index contributed by atoms with van der Waals surface area (Å²) in [6.45, 7) is 0. The topological polar surface area (TPSA) is 28.7 Å². The number of fused-ring (bicyclic) bond motifs is 1. The molecule has 2 nitrogen and oxygen atoms in total. The second kappa shape index (κ2) is 1.49. The van der Waals surface area contributed by atoms with E-state index in [-0.39, 0.29) is 0 Å². The van der Waals surface area contributed by atoms with Gasteiger partial charge in [0, 0.05) is 12.2 Å². The molecule has 0 radical (unpaired) electrons. The van der Waals surface area contributed by atoms with Gasteiger partial charge >= 0.3 is 0 Å². The van der Waals surface area contributed by atoms with Gasteiger partial charge in [-0.1, -0.05) is 11.5 Å². The SMILES string of the molecule is C1=C=Cc2[nH]cnc2C=1. The van der Waals surface area contributed by atoms with E-state index in [1.165, 1.54) is 0 Å². The van der Waals surface area contributed by atoms with Crippen molar-refractivity contribution in [2.24, 2.45) is 0 Å². The van der Waals surface area contributed by atoms with Crippen LogP contribution in [0, 0.1) is 0 Å². The van der Waals surface area contributed by atoms with Crippen molar-refractivity contribution in [3.05, 3.63) is 29.2 Å². The lowest BCUT2D eigenvalue weighted by Crippen LogP contribution is -1.76. The number of aromatic amines is 1. The third-order valence-electron chi connectivity index (χ3n) is 1.21. The van der Waals surface area contributed by atoms with E-state index in [0.717, 1.165) is 11.4 Å². The molecule has 0 bridgehead atoms. The van der Waals surface area contributed by atoms with Crippen LogP contribution in [0.1, 0.15) is 11.4 Å². The minimum absolute atomic E-state index is 0.939. The van der Waals surface area contributed by atoms with Gasteiger partial charge in [0.2, 0.25) is 0 Å². The molecule has 0 spiro atoms. The number of H-pyrrole nitrogens is 1. The van der Waals surface area contributed by atoms with Crippen LogP contribution in [0.5, 0.6) is 0 Å². The lowest BCUT2D eigenvalue weighted by Gasteiger charge is -1.86. The molecule has 0 unspecified atom stereocenters. The Balaban J connectivity index is 2.79. The van der Waals surface area contributed by atoms with Gasteiger partial charge in [-0.05, 0) is 0 Å². The Labute approximate surface area is 52.2 Å². The maximum atomic E-state index is 4.01. The highest BCUT2D eigenvalue weighted by atomic mass is 14.9.